The highest BCUT2D eigenvalue weighted by molar-refractivity contribution is 5.78. The maximum Gasteiger partial charge on any atom is 0.236 e. The summed E-state index contributed by atoms with van der Waals surface area (Å²) in [5.74, 6) is 1.52. The van der Waals surface area contributed by atoms with Crippen LogP contribution in [0.3, 0.4) is 0 Å². The lowest BCUT2D eigenvalue weighted by Gasteiger charge is -2.47. The van der Waals surface area contributed by atoms with Crippen LogP contribution in [-0.4, -0.2) is 56.7 Å². The van der Waals surface area contributed by atoms with Crippen LogP contribution in [0.4, 0.5) is 17.5 Å². The van der Waals surface area contributed by atoms with Gasteiger partial charge in [0.05, 0.1) is 18.0 Å². The van der Waals surface area contributed by atoms with Gasteiger partial charge in [0.25, 0.3) is 0 Å². The Kier molecular flexibility index (Phi) is 6.31. The summed E-state index contributed by atoms with van der Waals surface area (Å²) in [5.41, 5.74) is 2.27. The molecule has 1 N–H and O–H groups in total. The van der Waals surface area contributed by atoms with Crippen molar-refractivity contribution in [1.82, 2.24) is 24.6 Å². The van der Waals surface area contributed by atoms with Crippen molar-refractivity contribution in [3.63, 3.8) is 0 Å². The minimum Gasteiger partial charge on any atom is -0.356 e. The molecular formula is C23H32N8O. The quantitative estimate of drug-likeness (QED) is 0.768. The van der Waals surface area contributed by atoms with Crippen molar-refractivity contribution in [1.29, 1.82) is 5.26 Å². The minimum absolute atomic E-state index is 0.00418. The molecule has 0 atom stereocenters. The molecule has 1 amide bonds. The van der Waals surface area contributed by atoms with E-state index in [1.807, 2.05) is 30.4 Å². The maximum absolute atomic E-state index is 12.0. The first kappa shape index (κ1) is 22.1. The Hall–Kier alpha value is -3.15. The van der Waals surface area contributed by atoms with Crippen molar-refractivity contribution >= 4 is 23.4 Å². The number of likely N-dealkylation sites (tertiary alicyclic amines) is 1. The molecule has 2 aromatic heterocycles. The van der Waals surface area contributed by atoms with E-state index in [4.69, 9.17) is 10.2 Å². The number of nitriles is 1. The number of hydrogen-bond donors (Lipinski definition) is 1. The zero-order chi connectivity index (χ0) is 22.7. The number of carbonyl (C=O) groups is 1. The Morgan fingerprint density at radius 3 is 2.62 bits per heavy atom. The second-order valence-corrected chi connectivity index (χ2v) is 9.29. The first-order valence-corrected chi connectivity index (χ1v) is 11.4. The number of nitrogens with zero attached hydrogens (tertiary/aromatic N) is 7. The Bertz CT molecular complexity index is 992. The number of piperidine rings is 1. The predicted molar refractivity (Wildman–Crippen MR) is 122 cm³/mol. The first-order chi connectivity index (χ1) is 15.4. The predicted octanol–water partition coefficient (Wildman–Crippen LogP) is 3.16. The zero-order valence-corrected chi connectivity index (χ0v) is 19.2. The van der Waals surface area contributed by atoms with Crippen LogP contribution in [0, 0.1) is 23.7 Å². The largest absolute Gasteiger partial charge is 0.356 e. The van der Waals surface area contributed by atoms with Gasteiger partial charge in [0.1, 0.15) is 12.2 Å². The van der Waals surface area contributed by atoms with Gasteiger partial charge in [0.2, 0.25) is 11.9 Å². The number of aryl methyl sites for hydroxylation is 2. The SMILES string of the molecule is Cc1cnc(Nc2cnn(C)c2)nc1N(C)C1CCC2(CC1)CCN(C(=O)CC#N)CC2. The van der Waals surface area contributed by atoms with E-state index >= 15 is 0 Å². The highest BCUT2D eigenvalue weighted by atomic mass is 16.2. The van der Waals surface area contributed by atoms with Crippen molar-refractivity contribution in [2.75, 3.05) is 30.4 Å². The summed E-state index contributed by atoms with van der Waals surface area (Å²) in [4.78, 5) is 25.4. The van der Waals surface area contributed by atoms with E-state index in [-0.39, 0.29) is 12.3 Å². The molecular weight excluding hydrogens is 404 g/mol. The van der Waals surface area contributed by atoms with Gasteiger partial charge >= 0.3 is 0 Å². The smallest absolute Gasteiger partial charge is 0.236 e. The van der Waals surface area contributed by atoms with Crippen LogP contribution in [0.5, 0.6) is 0 Å². The van der Waals surface area contributed by atoms with Crippen molar-refractivity contribution in [3.05, 3.63) is 24.2 Å². The molecule has 9 heteroatoms. The molecule has 0 radical (unpaired) electrons. The van der Waals surface area contributed by atoms with Crippen molar-refractivity contribution in [2.45, 2.75) is 57.9 Å². The van der Waals surface area contributed by atoms with E-state index in [0.29, 0.717) is 17.4 Å². The molecule has 0 unspecified atom stereocenters. The van der Waals surface area contributed by atoms with Gasteiger partial charge in [0, 0.05) is 51.2 Å². The van der Waals surface area contributed by atoms with Crippen molar-refractivity contribution in [2.24, 2.45) is 12.5 Å². The molecule has 0 aromatic carbocycles. The van der Waals surface area contributed by atoms with Crippen LogP contribution in [0.2, 0.25) is 0 Å². The van der Waals surface area contributed by atoms with Crippen LogP contribution >= 0.6 is 0 Å². The van der Waals surface area contributed by atoms with E-state index in [9.17, 15) is 4.79 Å². The molecule has 4 rings (SSSR count). The van der Waals surface area contributed by atoms with E-state index in [2.05, 4.69) is 34.3 Å². The summed E-state index contributed by atoms with van der Waals surface area (Å²) in [5, 5.41) is 16.2. The Labute approximate surface area is 189 Å². The molecule has 3 heterocycles. The molecule has 1 saturated heterocycles. The molecule has 1 spiro atoms. The highest BCUT2D eigenvalue weighted by Gasteiger charge is 2.40. The van der Waals surface area contributed by atoms with E-state index in [1.54, 1.807) is 10.9 Å². The number of aromatic nitrogens is 4. The van der Waals surface area contributed by atoms with E-state index in [0.717, 1.165) is 55.8 Å². The fourth-order valence-electron chi connectivity index (χ4n) is 5.15. The molecule has 2 aliphatic rings. The summed E-state index contributed by atoms with van der Waals surface area (Å²) in [7, 11) is 4.01. The van der Waals surface area contributed by atoms with Gasteiger partial charge in [0.15, 0.2) is 0 Å². The number of anilines is 3. The first-order valence-electron chi connectivity index (χ1n) is 11.4. The van der Waals surface area contributed by atoms with Crippen LogP contribution in [0.1, 0.15) is 50.5 Å². The number of hydrogen-bond acceptors (Lipinski definition) is 7. The van der Waals surface area contributed by atoms with Gasteiger partial charge < -0.3 is 15.1 Å². The van der Waals surface area contributed by atoms with Crippen LogP contribution in [0.25, 0.3) is 0 Å². The van der Waals surface area contributed by atoms with Gasteiger partial charge in [-0.3, -0.25) is 9.48 Å². The molecule has 2 fully saturated rings. The summed E-state index contributed by atoms with van der Waals surface area (Å²) in [6.07, 6.45) is 12.2. The third kappa shape index (κ3) is 4.69. The summed E-state index contributed by atoms with van der Waals surface area (Å²) >= 11 is 0. The topological polar surface area (TPSA) is 103 Å². The third-order valence-corrected chi connectivity index (χ3v) is 7.21. The number of rotatable bonds is 5. The molecule has 0 bridgehead atoms. The van der Waals surface area contributed by atoms with Crippen LogP contribution in [-0.2, 0) is 11.8 Å². The van der Waals surface area contributed by atoms with Crippen molar-refractivity contribution in [3.8, 4) is 6.07 Å². The molecule has 2 aromatic rings. The fourth-order valence-corrected chi connectivity index (χ4v) is 5.15. The number of carbonyl (C=O) groups excluding carboxylic acids is 1. The third-order valence-electron chi connectivity index (χ3n) is 7.21. The molecule has 1 aliphatic carbocycles. The molecule has 170 valence electrons. The molecule has 1 saturated carbocycles. The molecule has 1 aliphatic heterocycles. The van der Waals surface area contributed by atoms with Crippen LogP contribution < -0.4 is 10.2 Å². The van der Waals surface area contributed by atoms with Gasteiger partial charge in [-0.05, 0) is 50.9 Å². The fraction of sp³-hybridized carbons (Fsp3) is 0.609. The van der Waals surface area contributed by atoms with Crippen molar-refractivity contribution < 1.29 is 4.79 Å². The van der Waals surface area contributed by atoms with E-state index in [1.165, 1.54) is 12.8 Å². The second-order valence-electron chi connectivity index (χ2n) is 9.29. The Morgan fingerprint density at radius 2 is 2.00 bits per heavy atom. The molecule has 32 heavy (non-hydrogen) atoms. The Morgan fingerprint density at radius 1 is 1.28 bits per heavy atom. The summed E-state index contributed by atoms with van der Waals surface area (Å²) < 4.78 is 1.74. The second kappa shape index (κ2) is 9.15. The Balaban J connectivity index is 1.36. The zero-order valence-electron chi connectivity index (χ0n) is 19.2. The van der Waals surface area contributed by atoms with Crippen LogP contribution in [0.15, 0.2) is 18.6 Å². The standard InChI is InChI=1S/C23H32N8O/c1-17-14-25-22(27-18-15-26-29(2)16-18)28-21(17)30(3)19-4-7-23(8-5-19)9-12-31(13-10-23)20(32)6-11-24/h14-16,19H,4-10,12-13H2,1-3H3,(H,25,27,28). The summed E-state index contributed by atoms with van der Waals surface area (Å²) in [6.45, 7) is 3.63. The average Bonchev–Trinajstić information content (AvgIpc) is 3.20. The maximum atomic E-state index is 12.0. The van der Waals surface area contributed by atoms with Gasteiger partial charge in [-0.2, -0.15) is 15.3 Å². The minimum atomic E-state index is -0.0225. The van der Waals surface area contributed by atoms with Gasteiger partial charge in [-0.25, -0.2) is 4.98 Å². The average molecular weight is 437 g/mol. The normalized spacial score (nSPS) is 18.4. The lowest BCUT2D eigenvalue weighted by Crippen LogP contribution is -2.46. The lowest BCUT2D eigenvalue weighted by molar-refractivity contribution is -0.132. The monoisotopic (exact) mass is 436 g/mol. The van der Waals surface area contributed by atoms with E-state index < -0.39 is 0 Å². The highest BCUT2D eigenvalue weighted by Crippen LogP contribution is 2.46. The number of amides is 1. The molecule has 9 nitrogen and oxygen atoms in total. The van der Waals surface area contributed by atoms with Gasteiger partial charge in [-0.1, -0.05) is 0 Å². The lowest BCUT2D eigenvalue weighted by atomic mass is 9.66. The van der Waals surface area contributed by atoms with Gasteiger partial charge in [-0.15, -0.1) is 0 Å². The summed E-state index contributed by atoms with van der Waals surface area (Å²) in [6, 6.07) is 2.42. The number of nitrogens with one attached hydrogen (secondary N) is 1.